The average Bonchev–Trinajstić information content (AvgIpc) is 2.92. The molecule has 1 fully saturated rings. The van der Waals surface area contributed by atoms with Gasteiger partial charge in [-0.3, -0.25) is 9.78 Å². The highest BCUT2D eigenvalue weighted by atomic mass is 16.5. The Balaban J connectivity index is 2.20. The predicted molar refractivity (Wildman–Crippen MR) is 82.4 cm³/mol. The van der Waals surface area contributed by atoms with Crippen molar-refractivity contribution in [3.05, 3.63) is 42.7 Å². The molecule has 1 saturated heterocycles. The minimum Gasteiger partial charge on any atom is -0.394 e. The molecule has 1 aliphatic rings. The molecule has 0 amide bonds. The van der Waals surface area contributed by atoms with Crippen LogP contribution in [0.5, 0.6) is 0 Å². The summed E-state index contributed by atoms with van der Waals surface area (Å²) in [5.41, 5.74) is 8.54. The molecule has 2 N–H and O–H groups in total. The molecular formula is C13H15N7O4. The van der Waals surface area contributed by atoms with Gasteiger partial charge in [0.15, 0.2) is 11.2 Å². The van der Waals surface area contributed by atoms with Gasteiger partial charge in [-0.15, -0.1) is 0 Å². The van der Waals surface area contributed by atoms with Gasteiger partial charge in [-0.25, -0.2) is 19.3 Å². The van der Waals surface area contributed by atoms with E-state index in [9.17, 15) is 14.7 Å². The standard InChI is InChI=1S/C13H15N7O4/c1-5-6(2)16-11-10(15-5)12(22)17-13(23)20(11)9-3-7(18-19-14)8(4-21)24-9/h7-9,21H,3-4H2,1-2H3,(H,17,22,23)/t7-,8+,9+/m0/s1. The Morgan fingerprint density at radius 3 is 2.79 bits per heavy atom. The van der Waals surface area contributed by atoms with Crippen LogP contribution in [0.1, 0.15) is 24.0 Å². The fourth-order valence-corrected chi connectivity index (χ4v) is 2.72. The van der Waals surface area contributed by atoms with Crippen LogP contribution in [-0.4, -0.2) is 43.4 Å². The van der Waals surface area contributed by atoms with Crippen molar-refractivity contribution < 1.29 is 9.84 Å². The van der Waals surface area contributed by atoms with Crippen molar-refractivity contribution in [2.45, 2.75) is 38.6 Å². The predicted octanol–water partition coefficient (Wildman–Crippen LogP) is 0.0553. The lowest BCUT2D eigenvalue weighted by molar-refractivity contribution is -0.0251. The fraction of sp³-hybridized carbons (Fsp3) is 0.538. The summed E-state index contributed by atoms with van der Waals surface area (Å²) in [6.07, 6.45) is -1.40. The first-order chi connectivity index (χ1) is 11.5. The Morgan fingerprint density at radius 1 is 1.42 bits per heavy atom. The van der Waals surface area contributed by atoms with Crippen molar-refractivity contribution in [2.75, 3.05) is 6.61 Å². The number of aromatic nitrogens is 4. The highest BCUT2D eigenvalue weighted by Gasteiger charge is 2.37. The number of nitrogens with zero attached hydrogens (tertiary/aromatic N) is 6. The maximum atomic E-state index is 12.3. The number of hydrogen-bond acceptors (Lipinski definition) is 7. The van der Waals surface area contributed by atoms with Crippen LogP contribution in [0.4, 0.5) is 0 Å². The van der Waals surface area contributed by atoms with E-state index in [1.807, 2.05) is 0 Å². The van der Waals surface area contributed by atoms with E-state index in [-0.39, 0.29) is 24.2 Å². The van der Waals surface area contributed by atoms with Crippen LogP contribution in [0.15, 0.2) is 14.7 Å². The molecule has 0 saturated carbocycles. The van der Waals surface area contributed by atoms with Crippen LogP contribution >= 0.6 is 0 Å². The second-order valence-electron chi connectivity index (χ2n) is 5.52. The number of fused-ring (bicyclic) bond motifs is 1. The van der Waals surface area contributed by atoms with Crippen molar-refractivity contribution >= 4 is 11.2 Å². The third-order valence-electron chi connectivity index (χ3n) is 4.04. The highest BCUT2D eigenvalue weighted by Crippen LogP contribution is 2.31. The molecule has 2 aromatic heterocycles. The molecule has 0 bridgehead atoms. The van der Waals surface area contributed by atoms with Crippen molar-refractivity contribution in [2.24, 2.45) is 5.11 Å². The maximum Gasteiger partial charge on any atom is 0.332 e. The van der Waals surface area contributed by atoms with Crippen LogP contribution in [0.25, 0.3) is 21.6 Å². The number of aliphatic hydroxyl groups is 1. The van der Waals surface area contributed by atoms with E-state index in [0.717, 1.165) is 0 Å². The molecule has 2 aromatic rings. The monoisotopic (exact) mass is 333 g/mol. The van der Waals surface area contributed by atoms with Gasteiger partial charge in [0.2, 0.25) is 0 Å². The molecule has 1 aliphatic heterocycles. The van der Waals surface area contributed by atoms with Crippen molar-refractivity contribution in [1.29, 1.82) is 0 Å². The average molecular weight is 333 g/mol. The quantitative estimate of drug-likeness (QED) is 0.459. The number of H-pyrrole nitrogens is 1. The third-order valence-corrected chi connectivity index (χ3v) is 4.04. The topological polar surface area (TPSA) is 159 Å². The van der Waals surface area contributed by atoms with Gasteiger partial charge in [0.25, 0.3) is 5.56 Å². The largest absolute Gasteiger partial charge is 0.394 e. The second kappa shape index (κ2) is 6.04. The summed E-state index contributed by atoms with van der Waals surface area (Å²) in [6.45, 7) is 3.06. The van der Waals surface area contributed by atoms with Crippen molar-refractivity contribution in [1.82, 2.24) is 19.5 Å². The fourth-order valence-electron chi connectivity index (χ4n) is 2.72. The minimum absolute atomic E-state index is 0.0223. The Kier molecular flexibility index (Phi) is 4.06. The van der Waals surface area contributed by atoms with Gasteiger partial charge in [-0.1, -0.05) is 5.11 Å². The van der Waals surface area contributed by atoms with E-state index < -0.39 is 29.6 Å². The summed E-state index contributed by atoms with van der Waals surface area (Å²) in [7, 11) is 0. The van der Waals surface area contributed by atoms with E-state index in [4.69, 9.17) is 10.3 Å². The Labute approximate surface area is 134 Å². The number of rotatable bonds is 3. The summed E-state index contributed by atoms with van der Waals surface area (Å²) >= 11 is 0. The first-order valence-electron chi connectivity index (χ1n) is 7.26. The Morgan fingerprint density at radius 2 is 2.12 bits per heavy atom. The zero-order valence-electron chi connectivity index (χ0n) is 13.0. The van der Waals surface area contributed by atoms with E-state index in [1.54, 1.807) is 13.8 Å². The molecule has 3 heterocycles. The lowest BCUT2D eigenvalue weighted by atomic mass is 10.1. The lowest BCUT2D eigenvalue weighted by Crippen LogP contribution is -2.34. The number of hydrogen-bond donors (Lipinski definition) is 2. The molecule has 0 aromatic carbocycles. The molecule has 24 heavy (non-hydrogen) atoms. The number of aromatic amines is 1. The summed E-state index contributed by atoms with van der Waals surface area (Å²) in [5, 5.41) is 12.9. The van der Waals surface area contributed by atoms with Gasteiger partial charge in [-0.05, 0) is 19.4 Å². The molecule has 126 valence electrons. The molecule has 0 radical (unpaired) electrons. The van der Waals surface area contributed by atoms with Gasteiger partial charge in [0.1, 0.15) is 6.23 Å². The van der Waals surface area contributed by atoms with E-state index in [1.165, 1.54) is 4.57 Å². The van der Waals surface area contributed by atoms with Crippen LogP contribution in [-0.2, 0) is 4.74 Å². The molecule has 0 spiro atoms. The normalized spacial score (nSPS) is 23.4. The van der Waals surface area contributed by atoms with Crippen LogP contribution < -0.4 is 11.2 Å². The molecule has 0 aliphatic carbocycles. The SMILES string of the molecule is Cc1nc2c(=O)[nH]c(=O)n([C@H]3C[C@H](N=[N+]=[N-])[C@@H](CO)O3)c2nc1C. The Bertz CT molecular complexity index is 959. The third kappa shape index (κ3) is 2.54. The molecule has 11 nitrogen and oxygen atoms in total. The highest BCUT2D eigenvalue weighted by molar-refractivity contribution is 5.69. The maximum absolute atomic E-state index is 12.3. The van der Waals surface area contributed by atoms with Crippen molar-refractivity contribution in [3.63, 3.8) is 0 Å². The van der Waals surface area contributed by atoms with Gasteiger partial charge >= 0.3 is 5.69 Å². The van der Waals surface area contributed by atoms with Gasteiger partial charge in [0, 0.05) is 11.3 Å². The summed E-state index contributed by atoms with van der Waals surface area (Å²) in [4.78, 5) is 37.7. The van der Waals surface area contributed by atoms with Gasteiger partial charge < -0.3 is 9.84 Å². The van der Waals surface area contributed by atoms with Crippen LogP contribution in [0, 0.1) is 13.8 Å². The molecule has 0 unspecified atom stereocenters. The van der Waals surface area contributed by atoms with Crippen LogP contribution in [0.2, 0.25) is 0 Å². The van der Waals surface area contributed by atoms with Crippen molar-refractivity contribution in [3.8, 4) is 0 Å². The van der Waals surface area contributed by atoms with Gasteiger partial charge in [-0.2, -0.15) is 0 Å². The summed E-state index contributed by atoms with van der Waals surface area (Å²) < 4.78 is 6.79. The first kappa shape index (κ1) is 16.1. The number of aryl methyl sites for hydroxylation is 2. The molecule has 3 atom stereocenters. The zero-order chi connectivity index (χ0) is 17.4. The number of azide groups is 1. The van der Waals surface area contributed by atoms with E-state index >= 15 is 0 Å². The second-order valence-corrected chi connectivity index (χ2v) is 5.52. The van der Waals surface area contributed by atoms with E-state index in [2.05, 4.69) is 25.0 Å². The molecule has 11 heteroatoms. The molecule has 3 rings (SSSR count). The molecular weight excluding hydrogens is 318 g/mol. The van der Waals surface area contributed by atoms with Gasteiger partial charge in [0.05, 0.1) is 30.1 Å². The summed E-state index contributed by atoms with van der Waals surface area (Å²) in [5.74, 6) is 0. The zero-order valence-corrected chi connectivity index (χ0v) is 13.0. The summed E-state index contributed by atoms with van der Waals surface area (Å²) in [6, 6.07) is -0.626. The number of ether oxygens (including phenoxy) is 1. The smallest absolute Gasteiger partial charge is 0.332 e. The first-order valence-corrected chi connectivity index (χ1v) is 7.26. The lowest BCUT2D eigenvalue weighted by Gasteiger charge is -2.16. The minimum atomic E-state index is -0.832. The van der Waals surface area contributed by atoms with E-state index in [0.29, 0.717) is 11.4 Å². The number of aliphatic hydroxyl groups excluding tert-OH is 1. The Hall–Kier alpha value is -2.75. The van der Waals surface area contributed by atoms with Crippen LogP contribution in [0.3, 0.4) is 0 Å². The number of nitrogens with one attached hydrogen (secondary N) is 1.